The van der Waals surface area contributed by atoms with Gasteiger partial charge < -0.3 is 0 Å². The van der Waals surface area contributed by atoms with Gasteiger partial charge in [0.2, 0.25) is 5.28 Å². The average Bonchev–Trinajstić information content (AvgIpc) is 2.62. The van der Waals surface area contributed by atoms with Crippen molar-refractivity contribution in [2.75, 3.05) is 10.2 Å². The molecule has 1 radical (unpaired) electrons. The van der Waals surface area contributed by atoms with Crippen LogP contribution in [0.5, 0.6) is 0 Å². The summed E-state index contributed by atoms with van der Waals surface area (Å²) < 4.78 is 0. The fourth-order valence-corrected chi connectivity index (χ4v) is 2.13. The van der Waals surface area contributed by atoms with E-state index in [1.54, 1.807) is 60.7 Å². The Kier molecular flexibility index (Phi) is 4.86. The molecule has 0 aliphatic heterocycles. The minimum absolute atomic E-state index is 0.0610. The highest BCUT2D eigenvalue weighted by molar-refractivity contribution is 6.28. The normalized spacial score (nSPS) is 10.1. The van der Waals surface area contributed by atoms with Crippen molar-refractivity contribution in [3.63, 3.8) is 0 Å². The van der Waals surface area contributed by atoms with Crippen LogP contribution in [0.15, 0.2) is 67.0 Å². The number of benzene rings is 2. The lowest BCUT2D eigenvalue weighted by Crippen LogP contribution is -2.50. The van der Waals surface area contributed by atoms with Crippen LogP contribution in [0.4, 0.5) is 17.3 Å². The Morgan fingerprint density at radius 1 is 0.960 bits per heavy atom. The molecule has 0 atom stereocenters. The Hall–Kier alpha value is -3.46. The van der Waals surface area contributed by atoms with Gasteiger partial charge in [0.05, 0.1) is 5.69 Å². The van der Waals surface area contributed by atoms with Crippen LogP contribution in [0.3, 0.4) is 0 Å². The van der Waals surface area contributed by atoms with Crippen LogP contribution in [0.2, 0.25) is 5.28 Å². The molecular weight excluding hydrogens is 346 g/mol. The minimum atomic E-state index is -0.589. The first-order valence-corrected chi connectivity index (χ1v) is 7.44. The molecule has 125 valence electrons. The summed E-state index contributed by atoms with van der Waals surface area (Å²) >= 11 is 5.75. The summed E-state index contributed by atoms with van der Waals surface area (Å²) in [5, 5.41) is 12.9. The molecule has 2 aromatic carbocycles. The molecule has 0 fully saturated rings. The number of hydrogen-bond donors (Lipinski definition) is 0. The molecule has 1 heterocycles. The molecule has 1 aromatic heterocycles. The average molecular weight is 357 g/mol. The first-order valence-electron chi connectivity index (χ1n) is 7.06. The number of para-hydroxylation sites is 2. The van der Waals surface area contributed by atoms with Gasteiger partial charge in [0.25, 0.3) is 5.95 Å². The van der Waals surface area contributed by atoms with Crippen molar-refractivity contribution in [3.05, 3.63) is 82.4 Å². The molecule has 0 aliphatic rings. The molecule has 0 N–H and O–H groups in total. The summed E-state index contributed by atoms with van der Waals surface area (Å²) in [5.41, 5.74) is 4.91. The highest BCUT2D eigenvalue weighted by atomic mass is 35.5. The maximum Gasteiger partial charge on any atom is 0.273 e. The van der Waals surface area contributed by atoms with Crippen LogP contribution in [0.25, 0.3) is 0 Å². The van der Waals surface area contributed by atoms with Crippen molar-refractivity contribution < 1.29 is 5.03 Å². The fourth-order valence-electron chi connectivity index (χ4n) is 2.01. The van der Waals surface area contributed by atoms with Crippen molar-refractivity contribution in [2.24, 2.45) is 0 Å². The van der Waals surface area contributed by atoms with Gasteiger partial charge >= 0.3 is 0 Å². The number of nitro groups is 1. The molecule has 0 spiro atoms. The van der Waals surface area contributed by atoms with Gasteiger partial charge in [-0.15, -0.1) is 10.5 Å². The third-order valence-electron chi connectivity index (χ3n) is 3.02. The second kappa shape index (κ2) is 7.41. The van der Waals surface area contributed by atoms with E-state index in [2.05, 4.69) is 20.4 Å². The van der Waals surface area contributed by atoms with E-state index in [0.717, 1.165) is 10.2 Å². The van der Waals surface area contributed by atoms with Gasteiger partial charge in [-0.25, -0.2) is 15.1 Å². The molecule has 9 nitrogen and oxygen atoms in total. The predicted octanol–water partition coefficient (Wildman–Crippen LogP) is 2.80. The Balaban J connectivity index is 2.04. The molecule has 0 amide bonds. The van der Waals surface area contributed by atoms with Crippen LogP contribution in [0.1, 0.15) is 0 Å². The molecule has 25 heavy (non-hydrogen) atoms. The van der Waals surface area contributed by atoms with Gasteiger partial charge in [0, 0.05) is 5.12 Å². The van der Waals surface area contributed by atoms with Gasteiger partial charge in [-0.1, -0.05) is 36.4 Å². The summed E-state index contributed by atoms with van der Waals surface area (Å²) in [5.74, 6) is -0.0633. The molecule has 10 heteroatoms. The zero-order valence-electron chi connectivity index (χ0n) is 12.7. The Morgan fingerprint density at radius 3 is 2.12 bits per heavy atom. The molecule has 3 rings (SSSR count). The molecule has 3 aromatic rings. The number of hydrogen-bond acceptors (Lipinski definition) is 6. The number of hydrazine groups is 2. The lowest BCUT2D eigenvalue weighted by Gasteiger charge is -2.26. The molecule has 0 saturated heterocycles. The van der Waals surface area contributed by atoms with Gasteiger partial charge in [0.1, 0.15) is 12.0 Å². The van der Waals surface area contributed by atoms with Crippen molar-refractivity contribution >= 4 is 28.9 Å². The molecular formula is C15H11ClN7O2. The Labute approximate surface area is 147 Å². The van der Waals surface area contributed by atoms with E-state index in [-0.39, 0.29) is 11.2 Å². The van der Waals surface area contributed by atoms with Gasteiger partial charge in [-0.05, 0) is 35.9 Å². The summed E-state index contributed by atoms with van der Waals surface area (Å²) in [7, 11) is 0. The maximum absolute atomic E-state index is 11.7. The lowest BCUT2D eigenvalue weighted by atomic mass is 10.3. The van der Waals surface area contributed by atoms with Crippen LogP contribution in [0, 0.1) is 10.1 Å². The zero-order valence-corrected chi connectivity index (χ0v) is 13.4. The molecule has 0 bridgehead atoms. The van der Waals surface area contributed by atoms with Gasteiger partial charge in [-0.2, -0.15) is 9.97 Å². The summed E-state index contributed by atoms with van der Waals surface area (Å²) in [4.78, 5) is 23.1. The standard InChI is InChI=1S/C15H11ClN7O2/c16-14-17-11-18-15(19-14)20-21(12-7-3-1-4-8-12)22(23(24)25)13-9-5-2-6-10-13/h1-11H. The topological polar surface area (TPSA) is 102 Å². The zero-order chi connectivity index (χ0) is 17.6. The molecule has 0 aliphatic carbocycles. The van der Waals surface area contributed by atoms with Crippen LogP contribution in [-0.4, -0.2) is 20.0 Å². The maximum atomic E-state index is 11.7. The van der Waals surface area contributed by atoms with Crippen LogP contribution >= 0.6 is 11.6 Å². The van der Waals surface area contributed by atoms with Crippen molar-refractivity contribution in [3.8, 4) is 0 Å². The third-order valence-corrected chi connectivity index (χ3v) is 3.20. The second-order valence-electron chi connectivity index (χ2n) is 4.64. The van der Waals surface area contributed by atoms with Gasteiger partial charge in [-0.3, -0.25) is 0 Å². The first-order chi connectivity index (χ1) is 12.1. The summed E-state index contributed by atoms with van der Waals surface area (Å²) in [6, 6.07) is 16.9. The highest BCUT2D eigenvalue weighted by Crippen LogP contribution is 2.23. The predicted molar refractivity (Wildman–Crippen MR) is 91.5 cm³/mol. The largest absolute Gasteiger partial charge is 0.273 e. The van der Waals surface area contributed by atoms with E-state index in [4.69, 9.17) is 11.6 Å². The Bertz CT molecular complexity index is 851. The fraction of sp³-hybridized carbons (Fsp3) is 0. The van der Waals surface area contributed by atoms with Crippen molar-refractivity contribution in [1.82, 2.24) is 20.4 Å². The van der Waals surface area contributed by atoms with Crippen molar-refractivity contribution in [1.29, 1.82) is 0 Å². The van der Waals surface area contributed by atoms with E-state index in [0.29, 0.717) is 11.4 Å². The van der Waals surface area contributed by atoms with Gasteiger partial charge in [0.15, 0.2) is 5.03 Å². The molecule has 0 unspecified atom stereocenters. The van der Waals surface area contributed by atoms with E-state index in [1.165, 1.54) is 6.33 Å². The number of aromatic nitrogens is 3. The monoisotopic (exact) mass is 356 g/mol. The lowest BCUT2D eigenvalue weighted by molar-refractivity contribution is -0.497. The SMILES string of the molecule is O=[N+]([O-])N(c1ccccc1)N([N]c1ncnc(Cl)n1)c1ccccc1. The number of nitrogens with zero attached hydrogens (tertiary/aromatic N) is 7. The molecule has 0 saturated carbocycles. The highest BCUT2D eigenvalue weighted by Gasteiger charge is 2.29. The van der Waals surface area contributed by atoms with E-state index < -0.39 is 5.03 Å². The van der Waals surface area contributed by atoms with E-state index in [1.807, 2.05) is 0 Å². The first kappa shape index (κ1) is 16.4. The van der Waals surface area contributed by atoms with E-state index >= 15 is 0 Å². The number of anilines is 2. The van der Waals surface area contributed by atoms with Crippen LogP contribution in [-0.2, 0) is 0 Å². The van der Waals surface area contributed by atoms with Crippen LogP contribution < -0.4 is 15.7 Å². The quantitative estimate of drug-likeness (QED) is 0.494. The summed E-state index contributed by atoms with van der Waals surface area (Å²) in [6.45, 7) is 0. The number of rotatable bonds is 6. The summed E-state index contributed by atoms with van der Waals surface area (Å²) in [6.07, 6.45) is 1.18. The van der Waals surface area contributed by atoms with Crippen molar-refractivity contribution in [2.45, 2.75) is 0 Å². The second-order valence-corrected chi connectivity index (χ2v) is 4.98. The Morgan fingerprint density at radius 2 is 1.56 bits per heavy atom. The number of halogens is 1. The smallest absolute Gasteiger partial charge is 0.233 e. The van der Waals surface area contributed by atoms with E-state index in [9.17, 15) is 10.1 Å². The third kappa shape index (κ3) is 3.90. The minimum Gasteiger partial charge on any atom is -0.233 e.